The van der Waals surface area contributed by atoms with Crippen LogP contribution in [0.15, 0.2) is 46.9 Å². The first-order valence-electron chi connectivity index (χ1n) is 5.42. The summed E-state index contributed by atoms with van der Waals surface area (Å²) >= 11 is 9.17. The number of carbonyl (C=O) groups is 2. The van der Waals surface area contributed by atoms with E-state index in [9.17, 15) is 9.59 Å². The number of amides is 1. The van der Waals surface area contributed by atoms with Gasteiger partial charge >= 0.3 is 0 Å². The molecule has 0 aliphatic heterocycles. The smallest absolute Gasteiger partial charge is 0.256 e. The average molecular weight is 339 g/mol. The summed E-state index contributed by atoms with van der Waals surface area (Å²) in [5.41, 5.74) is 1.62. The Labute approximate surface area is 123 Å². The normalized spacial score (nSPS) is 10.0. The highest BCUT2D eigenvalue weighted by Gasteiger charge is 2.10. The second-order valence-electron chi connectivity index (χ2n) is 3.82. The predicted octanol–water partition coefficient (Wildman–Crippen LogP) is 4.17. The van der Waals surface area contributed by atoms with Gasteiger partial charge in [0, 0.05) is 20.7 Å². The molecule has 0 spiro atoms. The van der Waals surface area contributed by atoms with Crippen LogP contribution in [0.5, 0.6) is 0 Å². The van der Waals surface area contributed by atoms with E-state index in [1.54, 1.807) is 42.5 Å². The molecule has 3 nitrogen and oxygen atoms in total. The summed E-state index contributed by atoms with van der Waals surface area (Å²) in [6, 6.07) is 11.6. The lowest BCUT2D eigenvalue weighted by Crippen LogP contribution is -2.12. The molecule has 0 saturated heterocycles. The summed E-state index contributed by atoms with van der Waals surface area (Å²) in [7, 11) is 0. The van der Waals surface area contributed by atoms with Gasteiger partial charge in [-0.3, -0.25) is 9.59 Å². The summed E-state index contributed by atoms with van der Waals surface area (Å²) in [5.74, 6) is -0.270. The third-order valence-electron chi connectivity index (χ3n) is 2.48. The van der Waals surface area contributed by atoms with Crippen LogP contribution in [-0.4, -0.2) is 12.2 Å². The molecule has 1 amide bonds. The average Bonchev–Trinajstić information content (AvgIpc) is 2.42. The van der Waals surface area contributed by atoms with Crippen molar-refractivity contribution in [2.45, 2.75) is 0 Å². The van der Waals surface area contributed by atoms with E-state index in [0.717, 1.165) is 6.29 Å². The van der Waals surface area contributed by atoms with Crippen LogP contribution in [-0.2, 0) is 0 Å². The molecule has 2 aromatic carbocycles. The molecule has 0 fully saturated rings. The number of rotatable bonds is 3. The van der Waals surface area contributed by atoms with Crippen LogP contribution in [0.25, 0.3) is 0 Å². The van der Waals surface area contributed by atoms with Crippen molar-refractivity contribution in [1.29, 1.82) is 0 Å². The lowest BCUT2D eigenvalue weighted by molar-refractivity contribution is 0.102. The summed E-state index contributed by atoms with van der Waals surface area (Å²) in [4.78, 5) is 22.6. The van der Waals surface area contributed by atoms with Crippen molar-refractivity contribution < 1.29 is 9.59 Å². The third kappa shape index (κ3) is 3.43. The molecule has 2 rings (SSSR count). The molecule has 0 radical (unpaired) electrons. The number of nitrogens with one attached hydrogen (secondary N) is 1. The van der Waals surface area contributed by atoms with Gasteiger partial charge in [-0.1, -0.05) is 11.6 Å². The van der Waals surface area contributed by atoms with Crippen molar-refractivity contribution in [2.75, 3.05) is 5.32 Å². The lowest BCUT2D eigenvalue weighted by Gasteiger charge is -2.07. The van der Waals surface area contributed by atoms with E-state index in [2.05, 4.69) is 21.2 Å². The van der Waals surface area contributed by atoms with Gasteiger partial charge in [0.05, 0.1) is 5.56 Å². The first kappa shape index (κ1) is 13.8. The highest BCUT2D eigenvalue weighted by Crippen LogP contribution is 2.22. The molecule has 0 bridgehead atoms. The first-order chi connectivity index (χ1) is 9.10. The molecular formula is C14H9BrClNO2. The van der Waals surface area contributed by atoms with E-state index < -0.39 is 0 Å². The fourth-order valence-corrected chi connectivity index (χ4v) is 2.11. The molecule has 0 atom stereocenters. The third-order valence-corrected chi connectivity index (χ3v) is 3.40. The number of anilines is 1. The summed E-state index contributed by atoms with van der Waals surface area (Å²) in [6.07, 6.45) is 0.749. The second kappa shape index (κ2) is 5.99. The van der Waals surface area contributed by atoms with E-state index in [1.807, 2.05) is 0 Å². The van der Waals surface area contributed by atoms with Crippen LogP contribution in [0.1, 0.15) is 20.7 Å². The Morgan fingerprint density at radius 2 is 1.84 bits per heavy atom. The van der Waals surface area contributed by atoms with E-state index in [1.165, 1.54) is 0 Å². The van der Waals surface area contributed by atoms with Gasteiger partial charge in [-0.25, -0.2) is 0 Å². The van der Waals surface area contributed by atoms with E-state index in [4.69, 9.17) is 11.6 Å². The van der Waals surface area contributed by atoms with Gasteiger partial charge < -0.3 is 5.32 Å². The van der Waals surface area contributed by atoms with Gasteiger partial charge in [-0.15, -0.1) is 0 Å². The molecule has 0 aromatic heterocycles. The van der Waals surface area contributed by atoms with Crippen molar-refractivity contribution >= 4 is 45.4 Å². The largest absolute Gasteiger partial charge is 0.322 e. The molecule has 0 aliphatic carbocycles. The zero-order valence-corrected chi connectivity index (χ0v) is 12.0. The number of benzene rings is 2. The molecule has 0 heterocycles. The Balaban J connectivity index is 2.20. The maximum atomic E-state index is 12.1. The zero-order valence-electron chi connectivity index (χ0n) is 9.69. The Morgan fingerprint density at radius 3 is 2.47 bits per heavy atom. The van der Waals surface area contributed by atoms with Gasteiger partial charge in [0.15, 0.2) is 0 Å². The number of carbonyl (C=O) groups excluding carboxylic acids is 2. The Morgan fingerprint density at radius 1 is 1.16 bits per heavy atom. The lowest BCUT2D eigenvalue weighted by atomic mass is 10.2. The molecule has 96 valence electrons. The Hall–Kier alpha value is -1.65. The Bertz CT molecular complexity index is 626. The van der Waals surface area contributed by atoms with Crippen molar-refractivity contribution in [3.63, 3.8) is 0 Å². The van der Waals surface area contributed by atoms with Gasteiger partial charge in [0.1, 0.15) is 6.29 Å². The maximum Gasteiger partial charge on any atom is 0.256 e. The second-order valence-corrected chi connectivity index (χ2v) is 5.11. The number of hydrogen-bond acceptors (Lipinski definition) is 2. The molecular weight excluding hydrogens is 330 g/mol. The molecule has 1 N–H and O–H groups in total. The fourth-order valence-electron chi connectivity index (χ4n) is 1.51. The summed E-state index contributed by atoms with van der Waals surface area (Å²) < 4.78 is 0.666. The number of hydrogen-bond donors (Lipinski definition) is 1. The summed E-state index contributed by atoms with van der Waals surface area (Å²) in [6.45, 7) is 0. The van der Waals surface area contributed by atoms with Crippen LogP contribution >= 0.6 is 27.5 Å². The van der Waals surface area contributed by atoms with E-state index in [-0.39, 0.29) is 5.91 Å². The van der Waals surface area contributed by atoms with E-state index >= 15 is 0 Å². The van der Waals surface area contributed by atoms with Gasteiger partial charge in [0.2, 0.25) is 0 Å². The van der Waals surface area contributed by atoms with Crippen LogP contribution in [0.4, 0.5) is 5.69 Å². The minimum Gasteiger partial charge on any atom is -0.322 e. The maximum absolute atomic E-state index is 12.1. The first-order valence-corrected chi connectivity index (χ1v) is 6.59. The molecule has 0 saturated carbocycles. The van der Waals surface area contributed by atoms with Crippen molar-refractivity contribution in [3.05, 3.63) is 63.1 Å². The highest BCUT2D eigenvalue weighted by atomic mass is 79.9. The quantitative estimate of drug-likeness (QED) is 0.854. The van der Waals surface area contributed by atoms with Crippen LogP contribution < -0.4 is 5.32 Å². The number of aldehydes is 1. The van der Waals surface area contributed by atoms with Gasteiger partial charge in [-0.05, 0) is 58.4 Å². The van der Waals surface area contributed by atoms with Crippen LogP contribution in [0.3, 0.4) is 0 Å². The highest BCUT2D eigenvalue weighted by molar-refractivity contribution is 9.10. The fraction of sp³-hybridized carbons (Fsp3) is 0. The van der Waals surface area contributed by atoms with Gasteiger partial charge in [0.25, 0.3) is 5.91 Å². The molecule has 19 heavy (non-hydrogen) atoms. The SMILES string of the molecule is O=Cc1ccc(NC(=O)c2cc(Cl)ccc2Br)cc1. The van der Waals surface area contributed by atoms with E-state index in [0.29, 0.717) is 26.3 Å². The van der Waals surface area contributed by atoms with Crippen molar-refractivity contribution in [3.8, 4) is 0 Å². The number of halogens is 2. The van der Waals surface area contributed by atoms with Crippen molar-refractivity contribution in [2.24, 2.45) is 0 Å². The topological polar surface area (TPSA) is 46.2 Å². The van der Waals surface area contributed by atoms with Crippen LogP contribution in [0.2, 0.25) is 5.02 Å². The van der Waals surface area contributed by atoms with Crippen LogP contribution in [0, 0.1) is 0 Å². The Kier molecular flexibility index (Phi) is 4.35. The minimum absolute atomic E-state index is 0.270. The molecule has 5 heteroatoms. The standard InChI is InChI=1S/C14H9BrClNO2/c15-13-6-3-10(16)7-12(13)14(19)17-11-4-1-9(8-18)2-5-11/h1-8H,(H,17,19). The van der Waals surface area contributed by atoms with Gasteiger partial charge in [-0.2, -0.15) is 0 Å². The monoisotopic (exact) mass is 337 g/mol. The van der Waals surface area contributed by atoms with Crippen molar-refractivity contribution in [1.82, 2.24) is 0 Å². The summed E-state index contributed by atoms with van der Waals surface area (Å²) in [5, 5.41) is 3.22. The zero-order chi connectivity index (χ0) is 13.8. The molecule has 0 aliphatic rings. The molecule has 0 unspecified atom stereocenters. The molecule has 2 aromatic rings. The minimum atomic E-state index is -0.270. The predicted molar refractivity (Wildman–Crippen MR) is 78.9 cm³/mol.